The third-order valence-electron chi connectivity index (χ3n) is 3.64. The lowest BCUT2D eigenvalue weighted by Gasteiger charge is -2.18. The molecule has 0 bridgehead atoms. The molecule has 1 unspecified atom stereocenters. The molecule has 18 heavy (non-hydrogen) atoms. The Morgan fingerprint density at radius 2 is 2.00 bits per heavy atom. The Balaban J connectivity index is 1.69. The van der Waals surface area contributed by atoms with E-state index < -0.39 is 11.6 Å². The molecule has 0 amide bonds. The minimum absolute atomic E-state index is 0.252. The molecule has 1 aliphatic heterocycles. The molecular formula is C13H15BrF2N2. The van der Waals surface area contributed by atoms with Gasteiger partial charge in [0.1, 0.15) is 11.6 Å². The van der Waals surface area contributed by atoms with E-state index in [4.69, 9.17) is 0 Å². The van der Waals surface area contributed by atoms with Gasteiger partial charge in [-0.05, 0) is 41.3 Å². The lowest BCUT2D eigenvalue weighted by molar-refractivity contribution is 0.326. The normalized spacial score (nSPS) is 24.5. The summed E-state index contributed by atoms with van der Waals surface area (Å²) in [4.78, 5) is 2.45. The van der Waals surface area contributed by atoms with Crippen molar-refractivity contribution in [1.82, 2.24) is 4.90 Å². The number of hydrogen-bond donors (Lipinski definition) is 1. The Morgan fingerprint density at radius 3 is 2.67 bits per heavy atom. The van der Waals surface area contributed by atoms with Crippen LogP contribution in [0.1, 0.15) is 19.3 Å². The maximum atomic E-state index is 13.7. The highest BCUT2D eigenvalue weighted by molar-refractivity contribution is 9.10. The van der Waals surface area contributed by atoms with Gasteiger partial charge in [-0.3, -0.25) is 4.90 Å². The first-order valence-electron chi connectivity index (χ1n) is 6.28. The first kappa shape index (κ1) is 12.4. The number of anilines is 1. The third-order valence-corrected chi connectivity index (χ3v) is 4.26. The lowest BCUT2D eigenvalue weighted by Crippen LogP contribution is -2.28. The highest BCUT2D eigenvalue weighted by Crippen LogP contribution is 2.32. The highest BCUT2D eigenvalue weighted by atomic mass is 79.9. The van der Waals surface area contributed by atoms with Crippen LogP contribution in [-0.4, -0.2) is 30.1 Å². The molecule has 0 spiro atoms. The maximum absolute atomic E-state index is 13.7. The molecular weight excluding hydrogens is 302 g/mol. The van der Waals surface area contributed by atoms with E-state index in [9.17, 15) is 8.78 Å². The molecule has 0 radical (unpaired) electrons. The molecule has 1 saturated carbocycles. The second-order valence-corrected chi connectivity index (χ2v) is 5.95. The zero-order chi connectivity index (χ0) is 12.7. The molecule has 1 saturated heterocycles. The summed E-state index contributed by atoms with van der Waals surface area (Å²) in [5.74, 6) is -1.09. The van der Waals surface area contributed by atoms with E-state index in [1.807, 2.05) is 0 Å². The Kier molecular flexibility index (Phi) is 3.28. The molecule has 2 fully saturated rings. The van der Waals surface area contributed by atoms with Crippen molar-refractivity contribution < 1.29 is 8.78 Å². The zero-order valence-corrected chi connectivity index (χ0v) is 11.5. The molecule has 3 rings (SSSR count). The predicted molar refractivity (Wildman–Crippen MR) is 70.7 cm³/mol. The molecule has 1 N–H and O–H groups in total. The Bertz CT molecular complexity index is 439. The average Bonchev–Trinajstić information content (AvgIpc) is 3.04. The van der Waals surface area contributed by atoms with Crippen LogP contribution in [0.5, 0.6) is 0 Å². The minimum atomic E-state index is -0.559. The second-order valence-electron chi connectivity index (χ2n) is 5.10. The molecule has 98 valence electrons. The van der Waals surface area contributed by atoms with Crippen molar-refractivity contribution in [2.24, 2.45) is 0 Å². The van der Waals surface area contributed by atoms with E-state index in [0.29, 0.717) is 10.2 Å². The molecule has 1 heterocycles. The van der Waals surface area contributed by atoms with Crippen LogP contribution in [0.4, 0.5) is 14.5 Å². The van der Waals surface area contributed by atoms with Gasteiger partial charge in [-0.2, -0.15) is 0 Å². The summed E-state index contributed by atoms with van der Waals surface area (Å²) in [6, 6.07) is 3.21. The Labute approximate surface area is 113 Å². The number of halogens is 3. The van der Waals surface area contributed by atoms with Crippen molar-refractivity contribution in [1.29, 1.82) is 0 Å². The molecule has 2 nitrogen and oxygen atoms in total. The van der Waals surface area contributed by atoms with E-state index >= 15 is 0 Å². The largest absolute Gasteiger partial charge is 0.378 e. The van der Waals surface area contributed by atoms with Crippen molar-refractivity contribution >= 4 is 21.6 Å². The van der Waals surface area contributed by atoms with Crippen molar-refractivity contribution in [2.45, 2.75) is 31.3 Å². The lowest BCUT2D eigenvalue weighted by atomic mass is 10.2. The number of nitrogens with one attached hydrogen (secondary N) is 1. The number of benzene rings is 1. The average molecular weight is 317 g/mol. The second kappa shape index (κ2) is 4.78. The monoisotopic (exact) mass is 316 g/mol. The number of hydrogen-bond acceptors (Lipinski definition) is 2. The van der Waals surface area contributed by atoms with Gasteiger partial charge < -0.3 is 5.32 Å². The molecule has 1 atom stereocenters. The number of nitrogens with zero attached hydrogens (tertiary/aromatic N) is 1. The third kappa shape index (κ3) is 2.52. The van der Waals surface area contributed by atoms with E-state index in [0.717, 1.165) is 31.6 Å². The van der Waals surface area contributed by atoms with Gasteiger partial charge in [-0.15, -0.1) is 0 Å². The summed E-state index contributed by atoms with van der Waals surface area (Å²) >= 11 is 3.21. The molecule has 0 aromatic heterocycles. The van der Waals surface area contributed by atoms with Gasteiger partial charge in [0.25, 0.3) is 0 Å². The first-order valence-corrected chi connectivity index (χ1v) is 7.08. The molecule has 1 aliphatic carbocycles. The van der Waals surface area contributed by atoms with E-state index in [1.54, 1.807) is 0 Å². The SMILES string of the molecule is Fc1cc(F)c(NC2CCN(C3CC3)C2)c(Br)c1. The van der Waals surface area contributed by atoms with Gasteiger partial charge in [0.05, 0.1) is 5.69 Å². The molecule has 1 aromatic rings. The van der Waals surface area contributed by atoms with Gasteiger partial charge in [0.15, 0.2) is 0 Å². The Morgan fingerprint density at radius 1 is 1.22 bits per heavy atom. The quantitative estimate of drug-likeness (QED) is 0.919. The van der Waals surface area contributed by atoms with E-state index in [1.165, 1.54) is 18.9 Å². The van der Waals surface area contributed by atoms with Crippen LogP contribution in [0, 0.1) is 11.6 Å². The molecule has 1 aromatic carbocycles. The smallest absolute Gasteiger partial charge is 0.150 e. The summed E-state index contributed by atoms with van der Waals surface area (Å²) in [7, 11) is 0. The fraction of sp³-hybridized carbons (Fsp3) is 0.538. The van der Waals surface area contributed by atoms with Crippen molar-refractivity contribution in [3.05, 3.63) is 28.2 Å². The summed E-state index contributed by atoms with van der Waals surface area (Å²) in [6.07, 6.45) is 3.60. The first-order chi connectivity index (χ1) is 8.63. The number of likely N-dealkylation sites (tertiary alicyclic amines) is 1. The van der Waals surface area contributed by atoms with Gasteiger partial charge in [0, 0.05) is 35.7 Å². The fourth-order valence-corrected chi connectivity index (χ4v) is 3.08. The molecule has 2 aliphatic rings. The summed E-state index contributed by atoms with van der Waals surface area (Å²) in [5.41, 5.74) is 0.374. The predicted octanol–water partition coefficient (Wildman–Crippen LogP) is 3.38. The van der Waals surface area contributed by atoms with Crippen molar-refractivity contribution in [2.75, 3.05) is 18.4 Å². The van der Waals surface area contributed by atoms with Gasteiger partial charge >= 0.3 is 0 Å². The zero-order valence-electron chi connectivity index (χ0n) is 9.93. The minimum Gasteiger partial charge on any atom is -0.378 e. The van der Waals surface area contributed by atoms with Gasteiger partial charge in [0.2, 0.25) is 0 Å². The summed E-state index contributed by atoms with van der Waals surface area (Å²) in [5, 5.41) is 3.19. The number of rotatable bonds is 3. The van der Waals surface area contributed by atoms with Crippen LogP contribution in [0.25, 0.3) is 0 Å². The van der Waals surface area contributed by atoms with E-state index in [2.05, 4.69) is 26.1 Å². The molecule has 5 heteroatoms. The van der Waals surface area contributed by atoms with Crippen LogP contribution in [0.15, 0.2) is 16.6 Å². The van der Waals surface area contributed by atoms with Gasteiger partial charge in [-0.25, -0.2) is 8.78 Å². The summed E-state index contributed by atoms with van der Waals surface area (Å²) in [6.45, 7) is 2.02. The highest BCUT2D eigenvalue weighted by Gasteiger charge is 2.34. The standard InChI is InChI=1S/C13H15BrF2N2/c14-11-5-8(15)6-12(16)13(11)17-9-3-4-18(7-9)10-1-2-10/h5-6,9-10,17H,1-4,7H2. The summed E-state index contributed by atoms with van der Waals surface area (Å²) < 4.78 is 27.1. The Hall–Kier alpha value is -0.680. The van der Waals surface area contributed by atoms with Gasteiger partial charge in [-0.1, -0.05) is 0 Å². The van der Waals surface area contributed by atoms with Crippen molar-refractivity contribution in [3.63, 3.8) is 0 Å². The maximum Gasteiger partial charge on any atom is 0.150 e. The van der Waals surface area contributed by atoms with Crippen LogP contribution < -0.4 is 5.32 Å². The van der Waals surface area contributed by atoms with Crippen LogP contribution in [-0.2, 0) is 0 Å². The van der Waals surface area contributed by atoms with E-state index in [-0.39, 0.29) is 6.04 Å². The fourth-order valence-electron chi connectivity index (χ4n) is 2.56. The van der Waals surface area contributed by atoms with Crippen molar-refractivity contribution in [3.8, 4) is 0 Å². The van der Waals surface area contributed by atoms with Crippen LogP contribution in [0.2, 0.25) is 0 Å². The topological polar surface area (TPSA) is 15.3 Å². The van der Waals surface area contributed by atoms with Crippen LogP contribution in [0.3, 0.4) is 0 Å². The van der Waals surface area contributed by atoms with Crippen LogP contribution >= 0.6 is 15.9 Å².